The Kier molecular flexibility index (Phi) is 5.06. The molecular weight excluding hydrogens is 218 g/mol. The Labute approximate surface area is 102 Å². The Bertz CT molecular complexity index is 333. The maximum absolute atomic E-state index is 10.2. The number of rotatable bonds is 6. The third kappa shape index (κ3) is 3.37. The highest BCUT2D eigenvalue weighted by Crippen LogP contribution is 2.23. The molecule has 0 bridgehead atoms. The summed E-state index contributed by atoms with van der Waals surface area (Å²) in [7, 11) is 0. The van der Waals surface area contributed by atoms with Crippen LogP contribution in [0.25, 0.3) is 0 Å². The van der Waals surface area contributed by atoms with Crippen LogP contribution in [0.3, 0.4) is 0 Å². The number of hydrogen-bond donors (Lipinski definition) is 1. The van der Waals surface area contributed by atoms with Gasteiger partial charge in [0.1, 0.15) is 18.8 Å². The van der Waals surface area contributed by atoms with E-state index in [2.05, 4.69) is 18.7 Å². The molecule has 1 N–H and O–H groups in total. The number of nitrogens with zero attached hydrogens (tertiary/aromatic N) is 1. The molecule has 0 unspecified atom stereocenters. The van der Waals surface area contributed by atoms with Gasteiger partial charge < -0.3 is 0 Å². The monoisotopic (exact) mass is 238 g/mol. The SMILES string of the molecule is C=C(CSc1ccccc1)[N+](O)(CC)CC. The number of quaternary nitrogens is 1. The zero-order valence-corrected chi connectivity index (χ0v) is 10.8. The topological polar surface area (TPSA) is 20.2 Å². The molecule has 2 nitrogen and oxygen atoms in total. The summed E-state index contributed by atoms with van der Waals surface area (Å²) in [5, 5.41) is 10.2. The standard InChI is InChI=1S/C13H20NOS/c1-4-14(15,5-2)12(3)11-16-13-9-7-6-8-10-13/h6-10,15H,3-5,11H2,1-2H3/q+1. The van der Waals surface area contributed by atoms with Gasteiger partial charge in [-0.05, 0) is 32.6 Å². The van der Waals surface area contributed by atoms with Crippen molar-refractivity contribution in [3.05, 3.63) is 42.6 Å². The molecule has 0 spiro atoms. The van der Waals surface area contributed by atoms with Crippen molar-refractivity contribution in [1.29, 1.82) is 0 Å². The minimum Gasteiger partial charge on any atom is -0.212 e. The molecule has 16 heavy (non-hydrogen) atoms. The van der Waals surface area contributed by atoms with E-state index in [9.17, 15) is 5.21 Å². The predicted octanol–water partition coefficient (Wildman–Crippen LogP) is 3.54. The maximum atomic E-state index is 10.2. The van der Waals surface area contributed by atoms with Gasteiger partial charge >= 0.3 is 0 Å². The summed E-state index contributed by atoms with van der Waals surface area (Å²) in [4.78, 5) is 1.21. The van der Waals surface area contributed by atoms with Gasteiger partial charge in [-0.25, -0.2) is 5.21 Å². The lowest BCUT2D eigenvalue weighted by Gasteiger charge is -2.28. The molecule has 1 rings (SSSR count). The van der Waals surface area contributed by atoms with Crippen molar-refractivity contribution in [2.24, 2.45) is 0 Å². The van der Waals surface area contributed by atoms with E-state index in [1.165, 1.54) is 4.90 Å². The van der Waals surface area contributed by atoms with E-state index in [1.807, 2.05) is 32.0 Å². The Morgan fingerprint density at radius 2 is 1.81 bits per heavy atom. The molecule has 0 aliphatic heterocycles. The summed E-state index contributed by atoms with van der Waals surface area (Å²) in [6.45, 7) is 9.28. The molecule has 0 aliphatic carbocycles. The quantitative estimate of drug-likeness (QED) is 0.465. The summed E-state index contributed by atoms with van der Waals surface area (Å²) in [5.74, 6) is 0.752. The molecule has 1 aromatic carbocycles. The third-order valence-corrected chi connectivity index (χ3v) is 3.87. The molecule has 0 radical (unpaired) electrons. The fourth-order valence-corrected chi connectivity index (χ4v) is 2.40. The van der Waals surface area contributed by atoms with Gasteiger partial charge in [0, 0.05) is 4.90 Å². The number of hydroxylamine groups is 3. The Balaban J connectivity index is 2.53. The van der Waals surface area contributed by atoms with Crippen LogP contribution in [0.15, 0.2) is 47.5 Å². The normalized spacial score (nSPS) is 11.4. The van der Waals surface area contributed by atoms with E-state index in [1.54, 1.807) is 11.8 Å². The van der Waals surface area contributed by atoms with E-state index in [0.717, 1.165) is 11.4 Å². The summed E-state index contributed by atoms with van der Waals surface area (Å²) in [6.07, 6.45) is 0. The van der Waals surface area contributed by atoms with Crippen molar-refractivity contribution >= 4 is 11.8 Å². The molecule has 1 aromatic rings. The highest BCUT2D eigenvalue weighted by molar-refractivity contribution is 7.99. The molecule has 0 saturated carbocycles. The van der Waals surface area contributed by atoms with Crippen molar-refractivity contribution < 1.29 is 9.85 Å². The Hall–Kier alpha value is -0.770. The second-order valence-electron chi connectivity index (χ2n) is 3.72. The molecule has 0 amide bonds. The van der Waals surface area contributed by atoms with Gasteiger partial charge in [0.15, 0.2) is 0 Å². The first-order valence-corrected chi connectivity index (χ1v) is 6.57. The van der Waals surface area contributed by atoms with Crippen LogP contribution in [-0.4, -0.2) is 28.7 Å². The minimum absolute atomic E-state index is 0.0279. The van der Waals surface area contributed by atoms with Crippen molar-refractivity contribution in [2.75, 3.05) is 18.8 Å². The highest BCUT2D eigenvalue weighted by atomic mass is 32.2. The summed E-state index contributed by atoms with van der Waals surface area (Å²) in [5.41, 5.74) is 0.860. The smallest absolute Gasteiger partial charge is 0.144 e. The first kappa shape index (κ1) is 13.3. The van der Waals surface area contributed by atoms with Gasteiger partial charge in [-0.2, -0.15) is 4.65 Å². The highest BCUT2D eigenvalue weighted by Gasteiger charge is 2.25. The minimum atomic E-state index is -0.0279. The zero-order chi connectivity index (χ0) is 12.0. The summed E-state index contributed by atoms with van der Waals surface area (Å²) in [6, 6.07) is 10.2. The molecule has 0 heterocycles. The van der Waals surface area contributed by atoms with Gasteiger partial charge in [0.05, 0.1) is 5.75 Å². The van der Waals surface area contributed by atoms with Crippen LogP contribution < -0.4 is 0 Å². The van der Waals surface area contributed by atoms with Crippen LogP contribution in [0.1, 0.15) is 13.8 Å². The third-order valence-electron chi connectivity index (χ3n) is 2.78. The van der Waals surface area contributed by atoms with E-state index >= 15 is 0 Å². The fourth-order valence-electron chi connectivity index (χ4n) is 1.47. The van der Waals surface area contributed by atoms with Crippen molar-refractivity contribution in [3.8, 4) is 0 Å². The van der Waals surface area contributed by atoms with Gasteiger partial charge in [-0.1, -0.05) is 18.2 Å². The molecule has 88 valence electrons. The van der Waals surface area contributed by atoms with Crippen LogP contribution in [0.4, 0.5) is 0 Å². The predicted molar refractivity (Wildman–Crippen MR) is 69.4 cm³/mol. The van der Waals surface area contributed by atoms with Crippen LogP contribution >= 0.6 is 11.8 Å². The summed E-state index contributed by atoms with van der Waals surface area (Å²) >= 11 is 1.71. The fraction of sp³-hybridized carbons (Fsp3) is 0.385. The lowest BCUT2D eigenvalue weighted by molar-refractivity contribution is -1.07. The van der Waals surface area contributed by atoms with Gasteiger partial charge in [-0.3, -0.25) is 0 Å². The van der Waals surface area contributed by atoms with Crippen molar-refractivity contribution in [2.45, 2.75) is 18.7 Å². The first-order chi connectivity index (χ1) is 7.62. The number of hydrogen-bond acceptors (Lipinski definition) is 2. The van der Waals surface area contributed by atoms with Crippen LogP contribution in [-0.2, 0) is 0 Å². The Morgan fingerprint density at radius 1 is 1.25 bits per heavy atom. The van der Waals surface area contributed by atoms with E-state index < -0.39 is 0 Å². The van der Waals surface area contributed by atoms with Gasteiger partial charge in [0.25, 0.3) is 0 Å². The average Bonchev–Trinajstić information content (AvgIpc) is 2.36. The lowest BCUT2D eigenvalue weighted by atomic mass is 10.4. The molecule has 0 aromatic heterocycles. The molecule has 0 atom stereocenters. The lowest BCUT2D eigenvalue weighted by Crippen LogP contribution is -2.43. The van der Waals surface area contributed by atoms with Crippen LogP contribution in [0.2, 0.25) is 0 Å². The number of thioether (sulfide) groups is 1. The molecule has 0 saturated heterocycles. The molecule has 0 aliphatic rings. The maximum Gasteiger partial charge on any atom is 0.144 e. The van der Waals surface area contributed by atoms with Crippen LogP contribution in [0, 0.1) is 0 Å². The Morgan fingerprint density at radius 3 is 2.31 bits per heavy atom. The molecular formula is C13H20NOS+. The average molecular weight is 238 g/mol. The zero-order valence-electron chi connectivity index (χ0n) is 10.0. The van der Waals surface area contributed by atoms with E-state index in [-0.39, 0.29) is 4.65 Å². The second-order valence-corrected chi connectivity index (χ2v) is 4.77. The molecule has 3 heteroatoms. The van der Waals surface area contributed by atoms with Crippen molar-refractivity contribution in [3.63, 3.8) is 0 Å². The van der Waals surface area contributed by atoms with Crippen LogP contribution in [0.5, 0.6) is 0 Å². The molecule has 0 fully saturated rings. The summed E-state index contributed by atoms with van der Waals surface area (Å²) < 4.78 is -0.0279. The van der Waals surface area contributed by atoms with Gasteiger partial charge in [0.2, 0.25) is 0 Å². The first-order valence-electron chi connectivity index (χ1n) is 5.58. The largest absolute Gasteiger partial charge is 0.212 e. The van der Waals surface area contributed by atoms with E-state index in [4.69, 9.17) is 0 Å². The van der Waals surface area contributed by atoms with E-state index in [0.29, 0.717) is 13.1 Å². The second kappa shape index (κ2) is 6.09. The van der Waals surface area contributed by atoms with Gasteiger partial charge in [-0.15, -0.1) is 11.8 Å². The van der Waals surface area contributed by atoms with Crippen molar-refractivity contribution in [1.82, 2.24) is 0 Å². The number of benzene rings is 1.